The van der Waals surface area contributed by atoms with Crippen LogP contribution in [0.15, 0.2) is 30.3 Å². The molecule has 2 aliphatic rings. The van der Waals surface area contributed by atoms with Gasteiger partial charge in [0.2, 0.25) is 5.91 Å². The maximum absolute atomic E-state index is 12.1. The summed E-state index contributed by atoms with van der Waals surface area (Å²) in [5.41, 5.74) is 1.23. The standard InChI is InChI=1S/C21H32N4O2S/c1-2-25(16-9-4-3-5-10-16)14-8-13-22-19(26)12-7-6-11-18-20-17(15-28-18)23-21(27)24-20/h3-5,9-10,17-18,20H,2,6-8,11-15H2,1H3,(H,22,26)(H2,23,24,27)/t17-,18-,20-/m0/s1. The van der Waals surface area contributed by atoms with Gasteiger partial charge in [-0.15, -0.1) is 0 Å². The maximum Gasteiger partial charge on any atom is 0.315 e. The molecule has 2 heterocycles. The molecule has 0 unspecified atom stereocenters. The molecule has 3 rings (SSSR count). The van der Waals surface area contributed by atoms with E-state index < -0.39 is 0 Å². The molecule has 2 saturated heterocycles. The molecule has 0 aromatic heterocycles. The number of nitrogens with one attached hydrogen (secondary N) is 3. The van der Waals surface area contributed by atoms with E-state index in [1.165, 1.54) is 5.69 Å². The number of anilines is 1. The lowest BCUT2D eigenvalue weighted by Crippen LogP contribution is -2.36. The van der Waals surface area contributed by atoms with Crippen LogP contribution in [-0.4, -0.2) is 54.7 Å². The lowest BCUT2D eigenvalue weighted by atomic mass is 10.0. The summed E-state index contributed by atoms with van der Waals surface area (Å²) in [4.78, 5) is 25.8. The first-order chi connectivity index (χ1) is 13.7. The highest BCUT2D eigenvalue weighted by Gasteiger charge is 2.42. The molecule has 1 aromatic rings. The summed E-state index contributed by atoms with van der Waals surface area (Å²) >= 11 is 1.93. The van der Waals surface area contributed by atoms with Crippen molar-refractivity contribution in [2.24, 2.45) is 0 Å². The van der Waals surface area contributed by atoms with E-state index in [0.717, 1.165) is 51.1 Å². The predicted octanol–water partition coefficient (Wildman–Crippen LogP) is 2.75. The molecule has 3 amide bonds. The van der Waals surface area contributed by atoms with Gasteiger partial charge in [-0.1, -0.05) is 24.6 Å². The second-order valence-corrected chi connectivity index (χ2v) is 8.76. The Morgan fingerprint density at radius 1 is 1.21 bits per heavy atom. The van der Waals surface area contributed by atoms with Crippen LogP contribution in [-0.2, 0) is 4.79 Å². The van der Waals surface area contributed by atoms with E-state index >= 15 is 0 Å². The van der Waals surface area contributed by atoms with Crippen LogP contribution < -0.4 is 20.9 Å². The minimum absolute atomic E-state index is 0.0337. The van der Waals surface area contributed by atoms with E-state index in [1.54, 1.807) is 0 Å². The first-order valence-corrected chi connectivity index (χ1v) is 11.5. The molecular formula is C21H32N4O2S. The molecule has 2 aliphatic heterocycles. The quantitative estimate of drug-likeness (QED) is 0.392. The second-order valence-electron chi connectivity index (χ2n) is 7.49. The van der Waals surface area contributed by atoms with Gasteiger partial charge in [0.25, 0.3) is 0 Å². The van der Waals surface area contributed by atoms with Crippen LogP contribution in [0, 0.1) is 0 Å². The summed E-state index contributed by atoms with van der Waals surface area (Å²) in [7, 11) is 0. The molecule has 6 nitrogen and oxygen atoms in total. The number of para-hydroxylation sites is 1. The van der Waals surface area contributed by atoms with E-state index in [1.807, 2.05) is 17.8 Å². The van der Waals surface area contributed by atoms with Gasteiger partial charge < -0.3 is 20.9 Å². The average molecular weight is 405 g/mol. The number of benzene rings is 1. The van der Waals surface area contributed by atoms with Crippen molar-refractivity contribution in [3.05, 3.63) is 30.3 Å². The molecule has 28 heavy (non-hydrogen) atoms. The molecule has 1 aromatic carbocycles. The number of carbonyl (C=O) groups excluding carboxylic acids is 2. The van der Waals surface area contributed by atoms with E-state index in [2.05, 4.69) is 52.0 Å². The highest BCUT2D eigenvalue weighted by Crippen LogP contribution is 2.33. The first kappa shape index (κ1) is 20.8. The topological polar surface area (TPSA) is 73.5 Å². The van der Waals surface area contributed by atoms with Gasteiger partial charge in [-0.2, -0.15) is 11.8 Å². The molecule has 0 bridgehead atoms. The number of hydrogen-bond acceptors (Lipinski definition) is 4. The Morgan fingerprint density at radius 3 is 2.82 bits per heavy atom. The highest BCUT2D eigenvalue weighted by molar-refractivity contribution is 8.00. The lowest BCUT2D eigenvalue weighted by molar-refractivity contribution is -0.121. The Bertz CT molecular complexity index is 643. The van der Waals surface area contributed by atoms with Gasteiger partial charge in [0.1, 0.15) is 0 Å². The summed E-state index contributed by atoms with van der Waals surface area (Å²) in [6.45, 7) is 4.79. The van der Waals surface area contributed by atoms with Crippen LogP contribution in [0.5, 0.6) is 0 Å². The fraction of sp³-hybridized carbons (Fsp3) is 0.619. The monoisotopic (exact) mass is 404 g/mol. The number of thioether (sulfide) groups is 1. The molecule has 0 radical (unpaired) electrons. The Morgan fingerprint density at radius 2 is 2.04 bits per heavy atom. The summed E-state index contributed by atoms with van der Waals surface area (Å²) < 4.78 is 0. The van der Waals surface area contributed by atoms with Gasteiger partial charge in [-0.3, -0.25) is 4.79 Å². The van der Waals surface area contributed by atoms with Gasteiger partial charge in [0.05, 0.1) is 12.1 Å². The van der Waals surface area contributed by atoms with Gasteiger partial charge in [0.15, 0.2) is 0 Å². The van der Waals surface area contributed by atoms with Gasteiger partial charge in [-0.25, -0.2) is 4.79 Å². The summed E-state index contributed by atoms with van der Waals surface area (Å²) in [6, 6.07) is 10.9. The van der Waals surface area contributed by atoms with Crippen LogP contribution in [0.4, 0.5) is 10.5 Å². The van der Waals surface area contributed by atoms with E-state index in [0.29, 0.717) is 11.7 Å². The molecule has 154 valence electrons. The van der Waals surface area contributed by atoms with Crippen LogP contribution >= 0.6 is 11.8 Å². The zero-order valence-corrected chi connectivity index (χ0v) is 17.5. The van der Waals surface area contributed by atoms with Gasteiger partial charge in [0, 0.05) is 42.7 Å². The Labute approximate surface area is 172 Å². The summed E-state index contributed by atoms with van der Waals surface area (Å²) in [6.07, 6.45) is 4.54. The molecular weight excluding hydrogens is 372 g/mol. The van der Waals surface area contributed by atoms with Crippen LogP contribution in [0.1, 0.15) is 39.0 Å². The van der Waals surface area contributed by atoms with E-state index in [4.69, 9.17) is 0 Å². The second kappa shape index (κ2) is 10.6. The third-order valence-electron chi connectivity index (χ3n) is 5.51. The van der Waals surface area contributed by atoms with E-state index in [9.17, 15) is 9.59 Å². The van der Waals surface area contributed by atoms with Gasteiger partial charge in [-0.05, 0) is 38.3 Å². The number of urea groups is 1. The van der Waals surface area contributed by atoms with Crippen molar-refractivity contribution in [1.82, 2.24) is 16.0 Å². The largest absolute Gasteiger partial charge is 0.372 e. The number of hydrogen-bond donors (Lipinski definition) is 3. The first-order valence-electron chi connectivity index (χ1n) is 10.4. The number of unbranched alkanes of at least 4 members (excludes halogenated alkanes) is 1. The number of nitrogens with zero attached hydrogens (tertiary/aromatic N) is 1. The molecule has 0 saturated carbocycles. The normalized spacial score (nSPS) is 23.0. The lowest BCUT2D eigenvalue weighted by Gasteiger charge is -2.23. The van der Waals surface area contributed by atoms with Crippen molar-refractivity contribution in [3.8, 4) is 0 Å². The minimum Gasteiger partial charge on any atom is -0.372 e. The van der Waals surface area contributed by atoms with E-state index in [-0.39, 0.29) is 24.0 Å². The zero-order chi connectivity index (χ0) is 19.8. The molecule has 3 atom stereocenters. The number of rotatable bonds is 11. The molecule has 2 fully saturated rings. The average Bonchev–Trinajstić information content (AvgIpc) is 3.25. The Kier molecular flexibility index (Phi) is 7.89. The number of carbonyl (C=O) groups is 2. The zero-order valence-electron chi connectivity index (χ0n) is 16.7. The summed E-state index contributed by atoms with van der Waals surface area (Å²) in [5.74, 6) is 1.14. The minimum atomic E-state index is -0.0337. The SMILES string of the molecule is CCN(CCCNC(=O)CCCC[C@@H]1SC[C@@H]2NC(=O)N[C@@H]21)c1ccccc1. The molecule has 0 spiro atoms. The fourth-order valence-corrected chi connectivity index (χ4v) is 5.51. The van der Waals surface area contributed by atoms with Gasteiger partial charge >= 0.3 is 6.03 Å². The summed E-state index contributed by atoms with van der Waals surface area (Å²) in [5, 5.41) is 9.51. The molecule has 7 heteroatoms. The third-order valence-corrected chi connectivity index (χ3v) is 7.02. The maximum atomic E-state index is 12.1. The molecule has 3 N–H and O–H groups in total. The van der Waals surface area contributed by atoms with Crippen molar-refractivity contribution >= 4 is 29.4 Å². The predicted molar refractivity (Wildman–Crippen MR) is 116 cm³/mol. The van der Waals surface area contributed by atoms with Crippen molar-refractivity contribution in [1.29, 1.82) is 0 Å². The highest BCUT2D eigenvalue weighted by atomic mass is 32.2. The third kappa shape index (κ3) is 5.80. The van der Waals surface area contributed by atoms with Crippen molar-refractivity contribution in [2.75, 3.05) is 30.3 Å². The fourth-order valence-electron chi connectivity index (χ4n) is 3.97. The van der Waals surface area contributed by atoms with Crippen molar-refractivity contribution in [3.63, 3.8) is 0 Å². The van der Waals surface area contributed by atoms with Crippen LogP contribution in [0.3, 0.4) is 0 Å². The Hall–Kier alpha value is -1.89. The number of fused-ring (bicyclic) bond motifs is 1. The van der Waals surface area contributed by atoms with Crippen molar-refractivity contribution in [2.45, 2.75) is 56.4 Å². The van der Waals surface area contributed by atoms with Crippen LogP contribution in [0.2, 0.25) is 0 Å². The number of amides is 3. The smallest absolute Gasteiger partial charge is 0.315 e. The van der Waals surface area contributed by atoms with Crippen LogP contribution in [0.25, 0.3) is 0 Å². The molecule has 0 aliphatic carbocycles. The Balaban J connectivity index is 1.24. The van der Waals surface area contributed by atoms with Crippen molar-refractivity contribution < 1.29 is 9.59 Å².